The van der Waals surface area contributed by atoms with Crippen molar-refractivity contribution in [1.29, 1.82) is 0 Å². The number of nitrogens with one attached hydrogen (secondary N) is 1. The van der Waals surface area contributed by atoms with Gasteiger partial charge < -0.3 is 24.3 Å². The Hall–Kier alpha value is -1.36. The Kier molecular flexibility index (Phi) is 10.4. The van der Waals surface area contributed by atoms with Crippen LogP contribution >= 0.6 is 0 Å². The molecule has 148 valence electrons. The molecule has 1 fully saturated rings. The van der Waals surface area contributed by atoms with E-state index in [9.17, 15) is 9.18 Å². The summed E-state index contributed by atoms with van der Waals surface area (Å²) in [5.74, 6) is 8.23. The van der Waals surface area contributed by atoms with Crippen LogP contribution in [0.2, 0.25) is 0 Å². The Bertz CT molecular complexity index is 447. The number of hydrogen-bond acceptors (Lipinski definition) is 5. The second-order valence-electron chi connectivity index (χ2n) is 6.47. The minimum Gasteiger partial charge on any atom is -0.449 e. The predicted molar refractivity (Wildman–Crippen MR) is 94.5 cm³/mol. The van der Waals surface area contributed by atoms with E-state index >= 15 is 0 Å². The third kappa shape index (κ3) is 8.35. The van der Waals surface area contributed by atoms with E-state index in [-0.39, 0.29) is 12.7 Å². The van der Waals surface area contributed by atoms with Crippen LogP contribution in [0.1, 0.15) is 25.7 Å². The van der Waals surface area contributed by atoms with Crippen LogP contribution in [0.4, 0.5) is 9.18 Å². The summed E-state index contributed by atoms with van der Waals surface area (Å²) in [6, 6.07) is 0. The molecule has 0 saturated heterocycles. The Labute approximate surface area is 155 Å². The summed E-state index contributed by atoms with van der Waals surface area (Å²) in [6.45, 7) is 2.63. The molecule has 7 heteroatoms. The van der Waals surface area contributed by atoms with Gasteiger partial charge in [-0.3, -0.25) is 0 Å². The fraction of sp³-hybridized carbons (Fsp3) is 0.842. The molecule has 2 aliphatic rings. The van der Waals surface area contributed by atoms with E-state index in [0.717, 1.165) is 25.7 Å². The van der Waals surface area contributed by atoms with Gasteiger partial charge in [-0.05, 0) is 30.6 Å². The largest absolute Gasteiger partial charge is 0.449 e. The Balaban J connectivity index is 1.36. The van der Waals surface area contributed by atoms with Crippen LogP contribution in [0.25, 0.3) is 0 Å². The maximum absolute atomic E-state index is 11.8. The summed E-state index contributed by atoms with van der Waals surface area (Å²) in [5, 5.41) is 2.69. The van der Waals surface area contributed by atoms with Crippen LogP contribution < -0.4 is 5.32 Å². The first-order chi connectivity index (χ1) is 12.8. The fourth-order valence-corrected chi connectivity index (χ4v) is 3.33. The normalized spacial score (nSPS) is 23.8. The highest BCUT2D eigenvalue weighted by Gasteiger charge is 2.49. The van der Waals surface area contributed by atoms with Crippen LogP contribution in [0, 0.1) is 29.6 Å². The third-order valence-electron chi connectivity index (χ3n) is 4.73. The lowest BCUT2D eigenvalue weighted by molar-refractivity contribution is 0.0128. The molecular formula is C19H30FNO5. The molecule has 0 spiro atoms. The highest BCUT2D eigenvalue weighted by atomic mass is 19.1. The maximum atomic E-state index is 11.8. The minimum atomic E-state index is -0.477. The van der Waals surface area contributed by atoms with Gasteiger partial charge in [0, 0.05) is 19.4 Å². The van der Waals surface area contributed by atoms with Crippen molar-refractivity contribution >= 4 is 6.09 Å². The molecule has 2 rings (SSSR count). The summed E-state index contributed by atoms with van der Waals surface area (Å²) in [4.78, 5) is 11.7. The van der Waals surface area contributed by atoms with Gasteiger partial charge in [0.15, 0.2) is 0 Å². The fourth-order valence-electron chi connectivity index (χ4n) is 3.33. The second kappa shape index (κ2) is 12.9. The van der Waals surface area contributed by atoms with Gasteiger partial charge >= 0.3 is 6.09 Å². The van der Waals surface area contributed by atoms with E-state index in [1.807, 2.05) is 0 Å². The number of carbonyl (C=O) groups is 1. The van der Waals surface area contributed by atoms with Gasteiger partial charge in [-0.25, -0.2) is 9.18 Å². The van der Waals surface area contributed by atoms with Crippen molar-refractivity contribution in [3.05, 3.63) is 0 Å². The molecule has 2 aliphatic carbocycles. The van der Waals surface area contributed by atoms with Gasteiger partial charge in [-0.2, -0.15) is 0 Å². The number of fused-ring (bicyclic) bond motifs is 1. The quantitative estimate of drug-likeness (QED) is 0.397. The lowest BCUT2D eigenvalue weighted by atomic mass is 10.1. The third-order valence-corrected chi connectivity index (χ3v) is 4.73. The van der Waals surface area contributed by atoms with Crippen molar-refractivity contribution in [2.45, 2.75) is 25.7 Å². The molecule has 1 saturated carbocycles. The zero-order chi connectivity index (χ0) is 18.5. The lowest BCUT2D eigenvalue weighted by Gasteiger charge is -2.08. The number of hydrogen-bond donors (Lipinski definition) is 1. The molecule has 0 bridgehead atoms. The number of rotatable bonds is 13. The number of carbonyl (C=O) groups excluding carboxylic acids is 1. The highest BCUT2D eigenvalue weighted by Crippen LogP contribution is 2.52. The standard InChI is InChI=1S/C19H30FNO5/c20-7-9-23-11-13-25-14-12-24-10-8-21-19(22)26-15-18-16-5-3-1-2-4-6-17(16)18/h16-18H,3-15H2,(H,21,22)/t16-,17+,18?. The SMILES string of the molecule is O=C(NCCOCCOCCOCCF)OCC1[C@H]2CCC#CCC[C@@H]12. The van der Waals surface area contributed by atoms with E-state index in [0.29, 0.717) is 63.9 Å². The molecular weight excluding hydrogens is 341 g/mol. The van der Waals surface area contributed by atoms with Crippen molar-refractivity contribution < 1.29 is 28.1 Å². The molecule has 3 atom stereocenters. The molecule has 1 amide bonds. The average Bonchev–Trinajstić information content (AvgIpc) is 3.27. The van der Waals surface area contributed by atoms with Crippen molar-refractivity contribution in [1.82, 2.24) is 5.32 Å². The number of alkyl halides is 1. The zero-order valence-corrected chi connectivity index (χ0v) is 15.3. The molecule has 6 nitrogen and oxygen atoms in total. The van der Waals surface area contributed by atoms with E-state index in [1.165, 1.54) is 0 Å². The maximum Gasteiger partial charge on any atom is 0.407 e. The first kappa shape index (κ1) is 20.9. The van der Waals surface area contributed by atoms with Crippen molar-refractivity contribution in [2.24, 2.45) is 17.8 Å². The second-order valence-corrected chi connectivity index (χ2v) is 6.47. The van der Waals surface area contributed by atoms with Gasteiger partial charge in [0.2, 0.25) is 0 Å². The summed E-state index contributed by atoms with van der Waals surface area (Å²) in [5.41, 5.74) is 0. The zero-order valence-electron chi connectivity index (χ0n) is 15.3. The lowest BCUT2D eigenvalue weighted by Crippen LogP contribution is -2.29. The van der Waals surface area contributed by atoms with Gasteiger partial charge in [0.05, 0.1) is 46.2 Å². The number of alkyl carbamates (subject to hydrolysis) is 1. The van der Waals surface area contributed by atoms with Crippen LogP contribution in [0.3, 0.4) is 0 Å². The summed E-state index contributed by atoms with van der Waals surface area (Å²) >= 11 is 0. The molecule has 0 aromatic carbocycles. The van der Waals surface area contributed by atoms with Gasteiger partial charge in [0.25, 0.3) is 0 Å². The predicted octanol–water partition coefficient (Wildman–Crippen LogP) is 2.17. The van der Waals surface area contributed by atoms with E-state index in [2.05, 4.69) is 17.2 Å². The first-order valence-corrected chi connectivity index (χ1v) is 9.48. The van der Waals surface area contributed by atoms with E-state index in [4.69, 9.17) is 18.9 Å². The molecule has 0 aromatic rings. The Morgan fingerprint density at radius 3 is 2.12 bits per heavy atom. The summed E-state index contributed by atoms with van der Waals surface area (Å²) < 4.78 is 32.6. The van der Waals surface area contributed by atoms with E-state index in [1.54, 1.807) is 0 Å². The van der Waals surface area contributed by atoms with Gasteiger partial charge in [0.1, 0.15) is 6.67 Å². The van der Waals surface area contributed by atoms with Crippen LogP contribution in [0.15, 0.2) is 0 Å². The molecule has 26 heavy (non-hydrogen) atoms. The highest BCUT2D eigenvalue weighted by molar-refractivity contribution is 5.67. The van der Waals surface area contributed by atoms with Crippen molar-refractivity contribution in [3.63, 3.8) is 0 Å². The van der Waals surface area contributed by atoms with Crippen LogP contribution in [0.5, 0.6) is 0 Å². The summed E-state index contributed by atoms with van der Waals surface area (Å²) in [6.07, 6.45) is 3.81. The molecule has 1 N–H and O–H groups in total. The topological polar surface area (TPSA) is 66.0 Å². The number of halogens is 1. The average molecular weight is 371 g/mol. The minimum absolute atomic E-state index is 0.109. The van der Waals surface area contributed by atoms with Gasteiger partial charge in [-0.15, -0.1) is 11.8 Å². The molecule has 0 radical (unpaired) electrons. The number of amides is 1. The van der Waals surface area contributed by atoms with E-state index < -0.39 is 6.67 Å². The van der Waals surface area contributed by atoms with Crippen molar-refractivity contribution in [2.75, 3.05) is 59.5 Å². The van der Waals surface area contributed by atoms with Gasteiger partial charge in [-0.1, -0.05) is 0 Å². The first-order valence-electron chi connectivity index (χ1n) is 9.48. The molecule has 1 unspecified atom stereocenters. The number of ether oxygens (including phenoxy) is 4. The Morgan fingerprint density at radius 1 is 0.923 bits per heavy atom. The van der Waals surface area contributed by atoms with Crippen LogP contribution in [-0.2, 0) is 18.9 Å². The molecule has 0 aliphatic heterocycles. The molecule has 0 heterocycles. The summed E-state index contributed by atoms with van der Waals surface area (Å²) in [7, 11) is 0. The van der Waals surface area contributed by atoms with Crippen molar-refractivity contribution in [3.8, 4) is 11.8 Å². The monoisotopic (exact) mass is 371 g/mol. The molecule has 0 aromatic heterocycles. The smallest absolute Gasteiger partial charge is 0.407 e. The van der Waals surface area contributed by atoms with Crippen LogP contribution in [-0.4, -0.2) is 65.6 Å². The Morgan fingerprint density at radius 2 is 1.50 bits per heavy atom.